The van der Waals surface area contributed by atoms with Crippen LogP contribution in [0.15, 0.2) is 101 Å². The zero-order valence-corrected chi connectivity index (χ0v) is 58.4. The van der Waals surface area contributed by atoms with Gasteiger partial charge in [-0.05, 0) is 68.1 Å². The first kappa shape index (κ1) is 75.7. The van der Waals surface area contributed by atoms with Crippen molar-refractivity contribution >= 4 is 82.2 Å². The summed E-state index contributed by atoms with van der Waals surface area (Å²) < 4.78 is 4.85. The number of carbonyl (C=O) groups is 6. The first-order valence-corrected chi connectivity index (χ1v) is 33.7. The summed E-state index contributed by atoms with van der Waals surface area (Å²) in [6.45, 7) is 31.9. The molecule has 0 aliphatic carbocycles. The second kappa shape index (κ2) is 38.2. The zero-order chi connectivity index (χ0) is 67.5. The molecule has 91 heavy (non-hydrogen) atoms. The van der Waals surface area contributed by atoms with Crippen molar-refractivity contribution in [2.24, 2.45) is 17.8 Å². The number of carboxylic acid groups (broad SMARTS) is 2. The predicted molar refractivity (Wildman–Crippen MR) is 369 cm³/mol. The van der Waals surface area contributed by atoms with Crippen LogP contribution in [-0.4, -0.2) is 121 Å². The molecule has 0 bridgehead atoms. The van der Waals surface area contributed by atoms with E-state index in [1.165, 1.54) is 29.4 Å². The van der Waals surface area contributed by atoms with Gasteiger partial charge in [0.1, 0.15) is 18.1 Å². The van der Waals surface area contributed by atoms with Gasteiger partial charge in [-0.3, -0.25) is 0 Å². The average molecular weight is 1300 g/mol. The predicted octanol–water partition coefficient (Wildman–Crippen LogP) is 14.7. The highest BCUT2D eigenvalue weighted by Crippen LogP contribution is 2.24. The van der Waals surface area contributed by atoms with Crippen molar-refractivity contribution in [3.05, 3.63) is 167 Å². The summed E-state index contributed by atoms with van der Waals surface area (Å²) in [6.07, 6.45) is 9.44. The highest BCUT2D eigenvalue weighted by atomic mass is 32.1. The number of hydrogen-bond acceptors (Lipinski definition) is 13. The van der Waals surface area contributed by atoms with Gasteiger partial charge in [0.25, 0.3) is 0 Å². The Bertz CT molecular complexity index is 3280. The van der Waals surface area contributed by atoms with Gasteiger partial charge < -0.3 is 45.6 Å². The van der Waals surface area contributed by atoms with Gasteiger partial charge in [-0.2, -0.15) is 0 Å². The van der Waals surface area contributed by atoms with Crippen molar-refractivity contribution in [2.45, 2.75) is 172 Å². The lowest BCUT2D eigenvalue weighted by atomic mass is 10.1. The number of benzene rings is 3. The lowest BCUT2D eigenvalue weighted by Gasteiger charge is -2.26. The van der Waals surface area contributed by atoms with Crippen LogP contribution in [0.25, 0.3) is 12.2 Å². The Balaban J connectivity index is 0.000000291. The normalized spacial score (nSPS) is 12.4. The molecule has 0 aliphatic rings. The third-order valence-corrected chi connectivity index (χ3v) is 18.0. The fraction of sp³-hybridized carbons (Fsp3) is 0.471. The van der Waals surface area contributed by atoms with E-state index < -0.39 is 42.1 Å². The highest BCUT2D eigenvalue weighted by molar-refractivity contribution is 7.10. The maximum Gasteiger partial charge on any atom is 0.328 e. The Morgan fingerprint density at radius 3 is 1.11 bits per heavy atom. The third kappa shape index (κ3) is 26.5. The summed E-state index contributed by atoms with van der Waals surface area (Å²) in [6, 6.07) is 21.0. The Hall–Kier alpha value is -7.75. The molecule has 0 saturated carbocycles. The number of aromatic nitrogens is 3. The second-order valence-corrected chi connectivity index (χ2v) is 27.3. The topological polar surface area (TPSA) is 237 Å². The van der Waals surface area contributed by atoms with E-state index >= 15 is 0 Å². The number of nitrogens with zero attached hydrogens (tertiary/aromatic N) is 6. The Kier molecular flexibility index (Phi) is 31.8. The van der Waals surface area contributed by atoms with Crippen LogP contribution in [0.4, 0.5) is 14.4 Å². The molecular weight excluding hydrogens is 1210 g/mol. The molecule has 21 heteroatoms. The van der Waals surface area contributed by atoms with E-state index in [1.54, 1.807) is 76.4 Å². The minimum atomic E-state index is -1.04. The summed E-state index contributed by atoms with van der Waals surface area (Å²) in [5.41, 5.74) is 9.42. The van der Waals surface area contributed by atoms with Crippen molar-refractivity contribution < 1.29 is 43.7 Å². The van der Waals surface area contributed by atoms with E-state index in [4.69, 9.17) is 4.74 Å². The molecule has 18 nitrogen and oxygen atoms in total. The van der Waals surface area contributed by atoms with Crippen LogP contribution < -0.4 is 16.0 Å². The molecule has 3 aromatic heterocycles. The number of ether oxygens (including phenoxy) is 1. The number of urea groups is 3. The first-order chi connectivity index (χ1) is 43.0. The van der Waals surface area contributed by atoms with E-state index in [0.29, 0.717) is 57.0 Å². The maximum absolute atomic E-state index is 13.1. The summed E-state index contributed by atoms with van der Waals surface area (Å²) in [4.78, 5) is 92.8. The number of carbonyl (C=O) groups excluding carboxylic acids is 4. The van der Waals surface area contributed by atoms with Crippen LogP contribution in [0.1, 0.15) is 173 Å². The number of carboxylic acids is 2. The molecule has 3 atom stereocenters. The van der Waals surface area contributed by atoms with E-state index in [1.807, 2.05) is 105 Å². The van der Waals surface area contributed by atoms with Gasteiger partial charge in [0.05, 0.1) is 58.8 Å². The molecule has 0 fully saturated rings. The van der Waals surface area contributed by atoms with Crippen LogP contribution >= 0.6 is 34.0 Å². The summed E-state index contributed by atoms with van der Waals surface area (Å²) >= 11 is 4.77. The molecule has 3 heterocycles. The van der Waals surface area contributed by atoms with E-state index in [9.17, 15) is 39.0 Å². The molecular formula is C70H97N9O9S3. The Labute approximate surface area is 551 Å². The number of rotatable bonds is 28. The fourth-order valence-corrected chi connectivity index (χ4v) is 11.3. The lowest BCUT2D eigenvalue weighted by Crippen LogP contribution is -2.50. The Morgan fingerprint density at radius 1 is 0.484 bits per heavy atom. The number of hydrogen-bond donors (Lipinski definition) is 5. The van der Waals surface area contributed by atoms with Gasteiger partial charge in [-0.1, -0.05) is 197 Å². The van der Waals surface area contributed by atoms with Crippen molar-refractivity contribution in [3.8, 4) is 0 Å². The van der Waals surface area contributed by atoms with Crippen LogP contribution in [0.3, 0.4) is 0 Å². The summed E-state index contributed by atoms with van der Waals surface area (Å²) in [5, 5.41) is 36.0. The monoisotopic (exact) mass is 1300 g/mol. The van der Waals surface area contributed by atoms with Gasteiger partial charge in [0.15, 0.2) is 0 Å². The standard InChI is InChI=1S/C24H33N3O3S.C23H33N3O3S.C23H31N3O3S/c1-16(2)21(23(28)30-6)26-24(29)27(14-20-15-31-22(25-20)17(3)4)13-7-8-19-11-9-18(5)10-12-19;2*1-15(2)20(22(27)28)25-23(29)26(13-19-14-30-21(24-19)16(3)4)12-6-7-18-10-8-17(5)9-11-18/h7-12,15-17,21H,13-14H2,1-6H3,(H,26,29);8-11,14-16,20H,6-7,12-13H2,1-5H3,(H,25,29)(H,27,28);6-11,14-16,20H,12-13H2,1-5H3,(H,25,29)(H,27,28)/b8-7+;;7-6+/t21-;2*20-/m000/s1. The van der Waals surface area contributed by atoms with Crippen molar-refractivity contribution in [2.75, 3.05) is 26.7 Å². The minimum Gasteiger partial charge on any atom is -0.480 e. The molecule has 0 unspecified atom stereocenters. The molecule has 6 rings (SSSR count). The quantitative estimate of drug-likeness (QED) is 0.0289. The number of methoxy groups -OCH3 is 1. The molecule has 0 aliphatic heterocycles. The second-order valence-electron chi connectivity index (χ2n) is 24.6. The number of nitrogens with one attached hydrogen (secondary N) is 3. The number of aryl methyl sites for hydroxylation is 4. The third-order valence-electron chi connectivity index (χ3n) is 14.4. The minimum absolute atomic E-state index is 0.0897. The smallest absolute Gasteiger partial charge is 0.328 e. The molecule has 494 valence electrons. The molecule has 6 amide bonds. The lowest BCUT2D eigenvalue weighted by molar-refractivity contribution is -0.144. The fourth-order valence-electron chi connectivity index (χ4n) is 8.80. The maximum atomic E-state index is 13.1. The summed E-state index contributed by atoms with van der Waals surface area (Å²) in [7, 11) is 1.33. The van der Waals surface area contributed by atoms with Crippen LogP contribution in [0.2, 0.25) is 0 Å². The van der Waals surface area contributed by atoms with Gasteiger partial charge in [0.2, 0.25) is 0 Å². The van der Waals surface area contributed by atoms with E-state index in [0.717, 1.165) is 56.1 Å². The SMILES string of the molecule is COC(=O)[C@@H](NC(=O)N(C/C=C/c1ccc(C)cc1)Cc1csc(C(C)C)n1)C(C)C.Cc1ccc(/C=C/CN(Cc2csc(C(C)C)n2)C(=O)N[C@H](C(=O)O)C(C)C)cc1.Cc1ccc(CCCN(Cc2csc(C(C)C)n2)C(=O)N[C@H](C(=O)O)C(C)C)cc1. The average Bonchev–Trinajstić information content (AvgIpc) is 2.29. The molecule has 0 saturated heterocycles. The molecule has 0 spiro atoms. The first-order valence-electron chi connectivity index (χ1n) is 31.1. The molecule has 6 aromatic rings. The van der Waals surface area contributed by atoms with Gasteiger partial charge in [-0.15, -0.1) is 34.0 Å². The van der Waals surface area contributed by atoms with Gasteiger partial charge in [0, 0.05) is 53.5 Å². The summed E-state index contributed by atoms with van der Waals surface area (Å²) in [5.74, 6) is -2.02. The Morgan fingerprint density at radius 2 is 0.802 bits per heavy atom. The number of esters is 1. The zero-order valence-electron chi connectivity index (χ0n) is 56.0. The van der Waals surface area contributed by atoms with Crippen molar-refractivity contribution in [1.29, 1.82) is 0 Å². The molecule has 5 N–H and O–H groups in total. The van der Waals surface area contributed by atoms with E-state index in [-0.39, 0.29) is 29.8 Å². The molecule has 3 aromatic carbocycles. The van der Waals surface area contributed by atoms with Crippen molar-refractivity contribution in [1.82, 2.24) is 45.6 Å². The van der Waals surface area contributed by atoms with Crippen LogP contribution in [0.5, 0.6) is 0 Å². The van der Waals surface area contributed by atoms with Gasteiger partial charge >= 0.3 is 36.0 Å². The largest absolute Gasteiger partial charge is 0.480 e. The molecule has 0 radical (unpaired) electrons. The number of thiazole rings is 3. The highest BCUT2D eigenvalue weighted by Gasteiger charge is 2.30. The van der Waals surface area contributed by atoms with E-state index in [2.05, 4.69) is 116 Å². The van der Waals surface area contributed by atoms with Crippen LogP contribution in [-0.2, 0) is 45.2 Å². The number of aliphatic carboxylic acids is 2. The van der Waals surface area contributed by atoms with Gasteiger partial charge in [-0.25, -0.2) is 43.7 Å². The van der Waals surface area contributed by atoms with Crippen molar-refractivity contribution in [3.63, 3.8) is 0 Å². The number of amides is 6. The van der Waals surface area contributed by atoms with Crippen LogP contribution in [0, 0.1) is 38.5 Å².